The molecule has 29 heavy (non-hydrogen) atoms. The van der Waals surface area contributed by atoms with Crippen LogP contribution < -0.4 is 21.1 Å². The number of fused-ring (bicyclic) bond motifs is 1. The Bertz CT molecular complexity index is 894. The van der Waals surface area contributed by atoms with Gasteiger partial charge in [-0.2, -0.15) is 0 Å². The third kappa shape index (κ3) is 5.31. The van der Waals surface area contributed by atoms with Crippen molar-refractivity contribution in [2.24, 2.45) is 0 Å². The number of benzene rings is 1. The van der Waals surface area contributed by atoms with Gasteiger partial charge in [0.25, 0.3) is 6.43 Å². The van der Waals surface area contributed by atoms with Crippen LogP contribution in [0.5, 0.6) is 5.75 Å². The monoisotopic (exact) mass is 405 g/mol. The topological polar surface area (TPSA) is 122 Å². The van der Waals surface area contributed by atoms with Crippen LogP contribution in [0, 0.1) is 5.41 Å². The highest BCUT2D eigenvalue weighted by atomic mass is 19.3. The van der Waals surface area contributed by atoms with Crippen LogP contribution in [0.1, 0.15) is 30.0 Å². The molecule has 0 saturated carbocycles. The maximum absolute atomic E-state index is 12.4. The summed E-state index contributed by atoms with van der Waals surface area (Å²) >= 11 is 0. The van der Waals surface area contributed by atoms with Crippen molar-refractivity contribution in [1.29, 1.82) is 5.41 Å². The number of pyridine rings is 1. The van der Waals surface area contributed by atoms with Gasteiger partial charge in [-0.05, 0) is 18.9 Å². The second-order valence-electron chi connectivity index (χ2n) is 6.37. The number of urea groups is 1. The van der Waals surface area contributed by atoms with Crippen LogP contribution in [0.25, 0.3) is 0 Å². The molecule has 0 spiro atoms. The molecule has 10 heteroatoms. The minimum Gasteiger partial charge on any atom is -0.493 e. The van der Waals surface area contributed by atoms with Crippen LogP contribution in [0.4, 0.5) is 25.1 Å². The second-order valence-corrected chi connectivity index (χ2v) is 6.37. The summed E-state index contributed by atoms with van der Waals surface area (Å²) < 4.78 is 34.7. The van der Waals surface area contributed by atoms with Crippen molar-refractivity contribution in [3.8, 4) is 5.75 Å². The number of nitrogens with one attached hydrogen (secondary N) is 3. The van der Waals surface area contributed by atoms with E-state index in [0.29, 0.717) is 6.61 Å². The smallest absolute Gasteiger partial charge is 0.320 e. The Labute approximate surface area is 165 Å². The number of aromatic nitrogens is 1. The largest absolute Gasteiger partial charge is 0.493 e. The molecular weight excluding hydrogens is 384 g/mol. The van der Waals surface area contributed by atoms with Gasteiger partial charge in [0.1, 0.15) is 11.6 Å². The molecule has 2 aromatic rings. The number of alkyl halides is 2. The Morgan fingerprint density at radius 1 is 1.41 bits per heavy atom. The Hall–Kier alpha value is -3.43. The lowest BCUT2D eigenvalue weighted by Crippen LogP contribution is -2.32. The Balaban J connectivity index is 1.64. The van der Waals surface area contributed by atoms with E-state index in [9.17, 15) is 13.6 Å². The first-order valence-corrected chi connectivity index (χ1v) is 8.98. The summed E-state index contributed by atoms with van der Waals surface area (Å²) in [4.78, 5) is 16.4. The highest BCUT2D eigenvalue weighted by Crippen LogP contribution is 2.31. The molecule has 0 unspecified atom stereocenters. The normalized spacial score (nSPS) is 15.6. The van der Waals surface area contributed by atoms with E-state index in [2.05, 4.69) is 20.4 Å². The summed E-state index contributed by atoms with van der Waals surface area (Å²) in [6.45, 7) is -0.330. The van der Waals surface area contributed by atoms with E-state index in [1.54, 1.807) is 0 Å². The van der Waals surface area contributed by atoms with E-state index in [1.165, 1.54) is 12.3 Å². The van der Waals surface area contributed by atoms with Crippen molar-refractivity contribution >= 4 is 23.4 Å². The number of nitrogens with two attached hydrogens (primary N) is 1. The Kier molecular flexibility index (Phi) is 6.43. The summed E-state index contributed by atoms with van der Waals surface area (Å²) in [5.74, 6) is 0.384. The summed E-state index contributed by atoms with van der Waals surface area (Å²) in [6.07, 6.45) is -0.000521. The number of carbonyl (C=O) groups excluding carboxylic acids is 1. The SMILES string of the molecule is N=C(OCC(F)F)c1cnc(NC(=O)N[C@@H]2CCCOc3ccccc32)cc1N. The lowest BCUT2D eigenvalue weighted by molar-refractivity contribution is 0.0761. The van der Waals surface area contributed by atoms with Crippen LogP contribution in [0.3, 0.4) is 0 Å². The second kappa shape index (κ2) is 9.18. The molecule has 0 radical (unpaired) electrons. The average molecular weight is 405 g/mol. The van der Waals surface area contributed by atoms with Gasteiger partial charge in [0.05, 0.1) is 18.2 Å². The number of para-hydroxylation sites is 1. The van der Waals surface area contributed by atoms with Gasteiger partial charge in [-0.25, -0.2) is 18.6 Å². The molecule has 0 fully saturated rings. The molecule has 1 aliphatic rings. The summed E-state index contributed by atoms with van der Waals surface area (Å²) in [7, 11) is 0. The van der Waals surface area contributed by atoms with Crippen LogP contribution in [0.2, 0.25) is 0 Å². The fraction of sp³-hybridized carbons (Fsp3) is 0.316. The third-order valence-electron chi connectivity index (χ3n) is 4.27. The molecule has 2 amide bonds. The van der Waals surface area contributed by atoms with Crippen molar-refractivity contribution in [2.45, 2.75) is 25.3 Å². The molecule has 1 aromatic carbocycles. The van der Waals surface area contributed by atoms with Gasteiger partial charge in [-0.15, -0.1) is 0 Å². The quantitative estimate of drug-likeness (QED) is 0.449. The number of hydrogen-bond donors (Lipinski definition) is 4. The fourth-order valence-electron chi connectivity index (χ4n) is 2.94. The van der Waals surface area contributed by atoms with Crippen molar-refractivity contribution in [2.75, 3.05) is 24.3 Å². The highest BCUT2D eigenvalue weighted by Gasteiger charge is 2.21. The lowest BCUT2D eigenvalue weighted by atomic mass is 10.0. The molecular formula is C19H21F2N5O3. The molecule has 0 saturated heterocycles. The lowest BCUT2D eigenvalue weighted by Gasteiger charge is -2.18. The fourth-order valence-corrected chi connectivity index (χ4v) is 2.94. The first-order valence-electron chi connectivity index (χ1n) is 8.98. The van der Waals surface area contributed by atoms with E-state index < -0.39 is 25.0 Å². The number of carbonyl (C=O) groups is 1. The van der Waals surface area contributed by atoms with Crippen LogP contribution >= 0.6 is 0 Å². The predicted molar refractivity (Wildman–Crippen MR) is 104 cm³/mol. The van der Waals surface area contributed by atoms with Crippen LogP contribution in [-0.2, 0) is 4.74 Å². The van der Waals surface area contributed by atoms with Gasteiger partial charge in [0, 0.05) is 23.5 Å². The number of amides is 2. The van der Waals surface area contributed by atoms with E-state index in [-0.39, 0.29) is 23.1 Å². The molecule has 1 atom stereocenters. The first kappa shape index (κ1) is 20.3. The molecule has 5 N–H and O–H groups in total. The number of halogens is 2. The van der Waals surface area contributed by atoms with Crippen molar-refractivity contribution in [1.82, 2.24) is 10.3 Å². The zero-order valence-electron chi connectivity index (χ0n) is 15.5. The highest BCUT2D eigenvalue weighted by molar-refractivity contribution is 5.97. The molecule has 0 aliphatic carbocycles. The van der Waals surface area contributed by atoms with Gasteiger partial charge in [0.2, 0.25) is 5.90 Å². The van der Waals surface area contributed by atoms with Gasteiger partial charge in [-0.1, -0.05) is 18.2 Å². The molecule has 1 aromatic heterocycles. The first-order chi connectivity index (χ1) is 13.9. The molecule has 3 rings (SSSR count). The van der Waals surface area contributed by atoms with E-state index in [1.807, 2.05) is 24.3 Å². The molecule has 2 heterocycles. The third-order valence-corrected chi connectivity index (χ3v) is 4.27. The molecule has 1 aliphatic heterocycles. The standard InChI is InChI=1S/C19H21F2N5O3/c20-16(21)10-29-18(23)12-9-24-17(8-13(12)22)26-19(27)25-14-5-3-7-28-15-6-2-1-4-11(14)15/h1-2,4,6,8-9,14,16,23H,3,5,7,10H2,(H4,22,24,25,26,27)/t14-/m1/s1. The predicted octanol–water partition coefficient (Wildman–Crippen LogP) is 3.31. The Morgan fingerprint density at radius 3 is 2.97 bits per heavy atom. The van der Waals surface area contributed by atoms with E-state index in [0.717, 1.165) is 24.2 Å². The van der Waals surface area contributed by atoms with E-state index >= 15 is 0 Å². The van der Waals surface area contributed by atoms with Gasteiger partial charge < -0.3 is 20.5 Å². The molecule has 8 nitrogen and oxygen atoms in total. The summed E-state index contributed by atoms with van der Waals surface area (Å²) in [5.41, 5.74) is 6.87. The van der Waals surface area contributed by atoms with Crippen molar-refractivity contribution in [3.63, 3.8) is 0 Å². The van der Waals surface area contributed by atoms with Crippen LogP contribution in [0.15, 0.2) is 36.5 Å². The minimum absolute atomic E-state index is 0.0615. The minimum atomic E-state index is -2.70. The van der Waals surface area contributed by atoms with Crippen LogP contribution in [-0.4, -0.2) is 36.6 Å². The maximum atomic E-state index is 12.4. The van der Waals surface area contributed by atoms with Gasteiger partial charge >= 0.3 is 6.03 Å². The van der Waals surface area contributed by atoms with Gasteiger partial charge in [0.15, 0.2) is 6.61 Å². The van der Waals surface area contributed by atoms with Crippen molar-refractivity contribution < 1.29 is 23.0 Å². The number of anilines is 2. The Morgan fingerprint density at radius 2 is 2.21 bits per heavy atom. The van der Waals surface area contributed by atoms with Gasteiger partial charge in [-0.3, -0.25) is 10.7 Å². The summed E-state index contributed by atoms with van der Waals surface area (Å²) in [6, 6.07) is 8.15. The number of rotatable bonds is 5. The molecule has 0 bridgehead atoms. The number of nitrogens with zero attached hydrogens (tertiary/aromatic N) is 1. The van der Waals surface area contributed by atoms with E-state index in [4.69, 9.17) is 15.9 Å². The summed E-state index contributed by atoms with van der Waals surface area (Å²) in [5, 5.41) is 13.1. The number of hydrogen-bond acceptors (Lipinski definition) is 6. The van der Waals surface area contributed by atoms with Crippen molar-refractivity contribution in [3.05, 3.63) is 47.7 Å². The number of ether oxygens (including phenoxy) is 2. The number of nitrogen functional groups attached to an aromatic ring is 1. The zero-order chi connectivity index (χ0) is 20.8. The molecule has 154 valence electrons. The average Bonchev–Trinajstić information content (AvgIpc) is 2.88. The maximum Gasteiger partial charge on any atom is 0.320 e. The zero-order valence-corrected chi connectivity index (χ0v) is 15.5.